The third-order valence-electron chi connectivity index (χ3n) is 2.37. The van der Waals surface area contributed by atoms with Crippen molar-refractivity contribution in [3.63, 3.8) is 0 Å². The molecule has 0 saturated heterocycles. The average Bonchev–Trinajstić information content (AvgIpc) is 2.76. The minimum absolute atomic E-state index is 1.01. The van der Waals surface area contributed by atoms with Crippen molar-refractivity contribution in [3.05, 3.63) is 42.7 Å². The van der Waals surface area contributed by atoms with Crippen LogP contribution in [0.3, 0.4) is 0 Å². The van der Waals surface area contributed by atoms with E-state index in [1.807, 2.05) is 47.9 Å². The van der Waals surface area contributed by atoms with Gasteiger partial charge in [0.1, 0.15) is 0 Å². The summed E-state index contributed by atoms with van der Waals surface area (Å²) in [6.45, 7) is 1.01. The molecule has 0 radical (unpaired) electrons. The average molecular weight is 247 g/mol. The summed E-state index contributed by atoms with van der Waals surface area (Å²) in [5.74, 6) is 1.12. The molecule has 4 heteroatoms. The van der Waals surface area contributed by atoms with Gasteiger partial charge in [-0.15, -0.1) is 11.8 Å². The summed E-state index contributed by atoms with van der Waals surface area (Å²) in [5, 5.41) is 7.55. The highest BCUT2D eigenvalue weighted by atomic mass is 32.2. The first-order valence-corrected chi connectivity index (χ1v) is 6.73. The van der Waals surface area contributed by atoms with Gasteiger partial charge in [-0.2, -0.15) is 5.10 Å². The number of benzene rings is 1. The first-order valence-electron chi connectivity index (χ1n) is 5.75. The zero-order valence-corrected chi connectivity index (χ0v) is 10.8. The molecule has 2 rings (SSSR count). The summed E-state index contributed by atoms with van der Waals surface area (Å²) in [4.78, 5) is 1.24. The van der Waals surface area contributed by atoms with Crippen LogP contribution in [0.15, 0.2) is 47.6 Å². The molecule has 1 aromatic carbocycles. The van der Waals surface area contributed by atoms with Gasteiger partial charge in [0.25, 0.3) is 0 Å². The molecular weight excluding hydrogens is 230 g/mol. The van der Waals surface area contributed by atoms with Crippen molar-refractivity contribution >= 4 is 17.4 Å². The highest BCUT2D eigenvalue weighted by Gasteiger charge is 1.96. The predicted octanol–water partition coefficient (Wildman–Crippen LogP) is 3.01. The zero-order chi connectivity index (χ0) is 11.9. The smallest absolute Gasteiger partial charge is 0.0625 e. The lowest BCUT2D eigenvalue weighted by molar-refractivity contribution is 0.766. The molecule has 1 aromatic heterocycles. The van der Waals surface area contributed by atoms with E-state index < -0.39 is 0 Å². The number of aryl methyl sites for hydroxylation is 1. The molecule has 0 bridgehead atoms. The third-order valence-corrected chi connectivity index (χ3v) is 3.41. The Morgan fingerprint density at radius 2 is 2.12 bits per heavy atom. The van der Waals surface area contributed by atoms with Crippen LogP contribution >= 0.6 is 11.8 Å². The van der Waals surface area contributed by atoms with Crippen LogP contribution in [0.4, 0.5) is 5.69 Å². The fourth-order valence-corrected chi connectivity index (χ4v) is 2.40. The van der Waals surface area contributed by atoms with E-state index in [4.69, 9.17) is 0 Å². The minimum atomic E-state index is 1.01. The van der Waals surface area contributed by atoms with Gasteiger partial charge in [0.05, 0.1) is 6.20 Å². The Labute approximate surface area is 106 Å². The maximum atomic E-state index is 4.14. The number of hydrogen-bond acceptors (Lipinski definition) is 3. The number of aromatic nitrogens is 2. The molecule has 2 aromatic rings. The summed E-state index contributed by atoms with van der Waals surface area (Å²) < 4.78 is 1.84. The second-order valence-corrected chi connectivity index (χ2v) is 5.01. The van der Waals surface area contributed by atoms with Gasteiger partial charge in [0.2, 0.25) is 0 Å². The van der Waals surface area contributed by atoms with Crippen LogP contribution in [0.2, 0.25) is 0 Å². The Morgan fingerprint density at radius 1 is 1.29 bits per heavy atom. The Bertz CT molecular complexity index is 439. The lowest BCUT2D eigenvalue weighted by Crippen LogP contribution is -2.01. The largest absolute Gasteiger partial charge is 0.385 e. The second-order valence-electron chi connectivity index (χ2n) is 3.84. The van der Waals surface area contributed by atoms with Crippen LogP contribution < -0.4 is 5.32 Å². The van der Waals surface area contributed by atoms with Crippen LogP contribution in [0.25, 0.3) is 0 Å². The van der Waals surface area contributed by atoms with E-state index in [9.17, 15) is 0 Å². The van der Waals surface area contributed by atoms with Gasteiger partial charge in [-0.25, -0.2) is 0 Å². The minimum Gasteiger partial charge on any atom is -0.385 e. The SMILES string of the molecule is Cn1cc(SCCCNc2ccccc2)cn1. The molecule has 0 atom stereocenters. The molecule has 0 fully saturated rings. The van der Waals surface area contributed by atoms with E-state index in [1.54, 1.807) is 0 Å². The van der Waals surface area contributed by atoms with Gasteiger partial charge in [-0.05, 0) is 24.3 Å². The summed E-state index contributed by atoms with van der Waals surface area (Å²) in [6.07, 6.45) is 5.11. The van der Waals surface area contributed by atoms with Gasteiger partial charge < -0.3 is 5.32 Å². The topological polar surface area (TPSA) is 29.9 Å². The van der Waals surface area contributed by atoms with Crippen molar-refractivity contribution in [1.82, 2.24) is 9.78 Å². The Hall–Kier alpha value is -1.42. The fourth-order valence-electron chi connectivity index (χ4n) is 1.52. The van der Waals surface area contributed by atoms with Crippen LogP contribution in [-0.2, 0) is 7.05 Å². The van der Waals surface area contributed by atoms with Crippen molar-refractivity contribution in [2.75, 3.05) is 17.6 Å². The van der Waals surface area contributed by atoms with E-state index >= 15 is 0 Å². The maximum absolute atomic E-state index is 4.14. The number of hydrogen-bond donors (Lipinski definition) is 1. The number of rotatable bonds is 6. The van der Waals surface area contributed by atoms with E-state index in [-0.39, 0.29) is 0 Å². The summed E-state index contributed by atoms with van der Waals surface area (Å²) >= 11 is 1.85. The number of nitrogens with one attached hydrogen (secondary N) is 1. The fraction of sp³-hybridized carbons (Fsp3) is 0.308. The van der Waals surface area contributed by atoms with Gasteiger partial charge in [0, 0.05) is 30.4 Å². The summed E-state index contributed by atoms with van der Waals surface area (Å²) in [6, 6.07) is 10.3. The van der Waals surface area contributed by atoms with Gasteiger partial charge >= 0.3 is 0 Å². The molecule has 0 saturated carbocycles. The molecule has 0 aliphatic carbocycles. The Kier molecular flexibility index (Phi) is 4.50. The summed E-state index contributed by atoms with van der Waals surface area (Å²) in [5.41, 5.74) is 1.19. The Balaban J connectivity index is 1.61. The third kappa shape index (κ3) is 4.15. The number of anilines is 1. The van der Waals surface area contributed by atoms with Crippen molar-refractivity contribution in [1.29, 1.82) is 0 Å². The first-order chi connectivity index (χ1) is 8.34. The second kappa shape index (κ2) is 6.35. The quantitative estimate of drug-likeness (QED) is 0.628. The van der Waals surface area contributed by atoms with Crippen molar-refractivity contribution < 1.29 is 0 Å². The standard InChI is InChI=1S/C13H17N3S/c1-16-11-13(10-15-16)17-9-5-8-14-12-6-3-2-4-7-12/h2-4,6-7,10-11,14H,5,8-9H2,1H3. The number of thioether (sulfide) groups is 1. The van der Waals surface area contributed by atoms with Gasteiger partial charge in [0.15, 0.2) is 0 Å². The van der Waals surface area contributed by atoms with Crippen LogP contribution in [0, 0.1) is 0 Å². The number of para-hydroxylation sites is 1. The van der Waals surface area contributed by atoms with E-state index in [0.717, 1.165) is 18.7 Å². The predicted molar refractivity (Wildman–Crippen MR) is 73.5 cm³/mol. The number of nitrogens with zero attached hydrogens (tertiary/aromatic N) is 2. The zero-order valence-electron chi connectivity index (χ0n) is 9.97. The molecule has 3 nitrogen and oxygen atoms in total. The molecular formula is C13H17N3S. The molecule has 0 aliphatic heterocycles. The highest BCUT2D eigenvalue weighted by Crippen LogP contribution is 2.17. The normalized spacial score (nSPS) is 10.4. The Morgan fingerprint density at radius 3 is 2.82 bits per heavy atom. The molecule has 90 valence electrons. The molecule has 0 amide bonds. The lowest BCUT2D eigenvalue weighted by Gasteiger charge is -2.04. The molecule has 0 spiro atoms. The molecule has 17 heavy (non-hydrogen) atoms. The van der Waals surface area contributed by atoms with Gasteiger partial charge in [-0.1, -0.05) is 18.2 Å². The molecule has 1 heterocycles. The molecule has 0 aliphatic rings. The van der Waals surface area contributed by atoms with Crippen molar-refractivity contribution in [3.8, 4) is 0 Å². The van der Waals surface area contributed by atoms with Crippen molar-refractivity contribution in [2.45, 2.75) is 11.3 Å². The first kappa shape index (κ1) is 12.0. The van der Waals surface area contributed by atoms with Gasteiger partial charge in [-0.3, -0.25) is 4.68 Å². The van der Waals surface area contributed by atoms with E-state index in [2.05, 4.69) is 28.7 Å². The van der Waals surface area contributed by atoms with E-state index in [0.29, 0.717) is 0 Å². The highest BCUT2D eigenvalue weighted by molar-refractivity contribution is 7.99. The van der Waals surface area contributed by atoms with Crippen molar-refractivity contribution in [2.24, 2.45) is 7.05 Å². The molecule has 1 N–H and O–H groups in total. The monoisotopic (exact) mass is 247 g/mol. The summed E-state index contributed by atoms with van der Waals surface area (Å²) in [7, 11) is 1.95. The van der Waals surface area contributed by atoms with Crippen LogP contribution in [0.5, 0.6) is 0 Å². The van der Waals surface area contributed by atoms with Crippen LogP contribution in [0.1, 0.15) is 6.42 Å². The maximum Gasteiger partial charge on any atom is 0.0625 e. The van der Waals surface area contributed by atoms with Crippen LogP contribution in [-0.4, -0.2) is 22.1 Å². The lowest BCUT2D eigenvalue weighted by atomic mass is 10.3. The molecule has 0 unspecified atom stereocenters. The van der Waals surface area contributed by atoms with E-state index in [1.165, 1.54) is 10.6 Å².